The van der Waals surface area contributed by atoms with Crippen LogP contribution >= 0.6 is 31.9 Å². The van der Waals surface area contributed by atoms with Crippen LogP contribution < -0.4 is 37.5 Å². The van der Waals surface area contributed by atoms with Gasteiger partial charge in [-0.25, -0.2) is 25.1 Å². The van der Waals surface area contributed by atoms with Gasteiger partial charge >= 0.3 is 11.7 Å². The summed E-state index contributed by atoms with van der Waals surface area (Å²) < 4.78 is 13.2. The summed E-state index contributed by atoms with van der Waals surface area (Å²) in [4.78, 5) is 22.2. The molecule has 0 radical (unpaired) electrons. The predicted molar refractivity (Wildman–Crippen MR) is 128 cm³/mol. The van der Waals surface area contributed by atoms with Crippen LogP contribution in [0.2, 0.25) is 0 Å². The van der Waals surface area contributed by atoms with Gasteiger partial charge in [0.05, 0.1) is 35.2 Å². The minimum atomic E-state index is -0.477. The normalized spacial score (nSPS) is 9.28. The Kier molecular flexibility index (Phi) is 11.5. The second-order valence-electron chi connectivity index (χ2n) is 5.46. The van der Waals surface area contributed by atoms with Crippen molar-refractivity contribution in [2.75, 3.05) is 19.5 Å². The molecule has 3 rings (SSSR count). The number of methoxy groups -OCH3 is 2. The minimum Gasteiger partial charge on any atom is -0.495 e. The maximum absolute atomic E-state index is 11.3. The number of rotatable bonds is 4. The average molecular weight is 574 g/mol. The van der Waals surface area contributed by atoms with Crippen LogP contribution in [0.25, 0.3) is 5.69 Å². The molecule has 12 nitrogen and oxygen atoms in total. The van der Waals surface area contributed by atoms with E-state index in [0.717, 1.165) is 15.3 Å². The number of aromatic amines is 1. The third-order valence-corrected chi connectivity index (χ3v) is 4.82. The van der Waals surface area contributed by atoms with Crippen molar-refractivity contribution in [3.63, 3.8) is 0 Å². The lowest BCUT2D eigenvalue weighted by atomic mass is 10.3. The Hall–Kier alpha value is -3.36. The molecule has 0 unspecified atom stereocenters. The van der Waals surface area contributed by atoms with Gasteiger partial charge in [-0.1, -0.05) is 0 Å². The fourth-order valence-corrected chi connectivity index (χ4v) is 2.95. The highest BCUT2D eigenvalue weighted by Crippen LogP contribution is 2.28. The average Bonchev–Trinajstić information content (AvgIpc) is 3.22. The molecule has 0 aliphatic rings. The highest BCUT2D eigenvalue weighted by Gasteiger charge is 2.05. The fourth-order valence-electron chi connectivity index (χ4n) is 2.14. The van der Waals surface area contributed by atoms with Crippen LogP contribution in [0.3, 0.4) is 0 Å². The lowest BCUT2D eigenvalue weighted by Gasteiger charge is -2.07. The number of carbonyl (C=O) groups excluding carboxylic acids is 1. The number of benzene rings is 2. The van der Waals surface area contributed by atoms with Gasteiger partial charge < -0.3 is 20.5 Å². The Bertz CT molecular complexity index is 1090. The van der Waals surface area contributed by atoms with Gasteiger partial charge in [0, 0.05) is 17.8 Å². The molecule has 0 bridgehead atoms. The zero-order valence-corrected chi connectivity index (χ0v) is 20.2. The summed E-state index contributed by atoms with van der Waals surface area (Å²) in [6, 6.07) is 10.1. The van der Waals surface area contributed by atoms with Crippen molar-refractivity contribution in [3.8, 4) is 17.2 Å². The molecule has 3 aromatic rings. The van der Waals surface area contributed by atoms with Crippen LogP contribution in [-0.4, -0.2) is 41.4 Å². The lowest BCUT2D eigenvalue weighted by molar-refractivity contribution is 0.252. The summed E-state index contributed by atoms with van der Waals surface area (Å²) in [7, 11) is 3.12. The van der Waals surface area contributed by atoms with Crippen molar-refractivity contribution in [2.45, 2.75) is 0 Å². The molecule has 2 amide bonds. The first-order valence-corrected chi connectivity index (χ1v) is 10.2. The first-order chi connectivity index (χ1) is 15.3. The zero-order valence-electron chi connectivity index (χ0n) is 17.1. The first-order valence-electron chi connectivity index (χ1n) is 8.58. The monoisotopic (exact) mass is 572 g/mol. The van der Waals surface area contributed by atoms with Gasteiger partial charge in [0.25, 0.3) is 0 Å². The van der Waals surface area contributed by atoms with E-state index in [1.54, 1.807) is 44.6 Å². The zero-order chi connectivity index (χ0) is 24.1. The summed E-state index contributed by atoms with van der Waals surface area (Å²) in [5.41, 5.74) is 7.38. The molecule has 0 aliphatic carbocycles. The van der Waals surface area contributed by atoms with Gasteiger partial charge in [-0.05, 0) is 56.1 Å². The number of halogens is 2. The van der Waals surface area contributed by atoms with Crippen LogP contribution in [0.5, 0.6) is 11.5 Å². The third kappa shape index (κ3) is 8.05. The van der Waals surface area contributed by atoms with Crippen molar-refractivity contribution in [3.05, 3.63) is 62.2 Å². The van der Waals surface area contributed by atoms with Crippen LogP contribution in [0.15, 0.2) is 56.5 Å². The van der Waals surface area contributed by atoms with E-state index in [-0.39, 0.29) is 5.69 Å². The van der Waals surface area contributed by atoms with Crippen LogP contribution in [0.1, 0.15) is 0 Å². The van der Waals surface area contributed by atoms with E-state index in [0.29, 0.717) is 22.9 Å². The number of nitrogens with one attached hydrogen (secondary N) is 4. The number of hydrazine groups is 1. The number of anilines is 1. The van der Waals surface area contributed by atoms with Crippen LogP contribution in [0.4, 0.5) is 10.5 Å². The topological polar surface area (TPSA) is 186 Å². The molecular formula is C18H22Br2N8O4. The fraction of sp³-hybridized carbons (Fsp3) is 0.111. The van der Waals surface area contributed by atoms with Gasteiger partial charge in [0.1, 0.15) is 17.8 Å². The number of nitrogens with zero attached hydrogens (tertiary/aromatic N) is 2. The largest absolute Gasteiger partial charge is 0.495 e. The maximum atomic E-state index is 11.3. The summed E-state index contributed by atoms with van der Waals surface area (Å²) >= 11 is 6.63. The molecule has 0 atom stereocenters. The number of nitrogens with two attached hydrogens (primary N) is 2. The number of urea groups is 1. The third-order valence-electron chi connectivity index (χ3n) is 3.51. The number of ether oxygens (including phenoxy) is 2. The molecule has 0 saturated heterocycles. The highest BCUT2D eigenvalue weighted by atomic mass is 79.9. The smallest absolute Gasteiger partial charge is 0.347 e. The van der Waals surface area contributed by atoms with E-state index in [1.165, 1.54) is 10.9 Å². The van der Waals surface area contributed by atoms with Crippen LogP contribution in [0, 0.1) is 5.41 Å². The summed E-state index contributed by atoms with van der Waals surface area (Å²) in [5.74, 6) is 6.22. The SMILES string of the molecule is COc1cc(-n2cn[nH]c2=O)ccc1Br.COc1cc(NC(=O)NN)ccc1Br.N=CN. The molecule has 0 saturated carbocycles. The van der Waals surface area contributed by atoms with E-state index in [1.807, 2.05) is 11.5 Å². The predicted octanol–water partition coefficient (Wildman–Crippen LogP) is 2.34. The Morgan fingerprint density at radius 2 is 1.72 bits per heavy atom. The molecule has 1 aromatic heterocycles. The Balaban J connectivity index is 0.000000286. The van der Waals surface area contributed by atoms with Crippen molar-refractivity contribution in [2.24, 2.45) is 11.6 Å². The van der Waals surface area contributed by atoms with Gasteiger partial charge in [0.15, 0.2) is 0 Å². The lowest BCUT2D eigenvalue weighted by Crippen LogP contribution is -2.34. The van der Waals surface area contributed by atoms with Crippen molar-refractivity contribution < 1.29 is 14.3 Å². The Labute approximate surface area is 200 Å². The Morgan fingerprint density at radius 3 is 2.22 bits per heavy atom. The molecule has 8 N–H and O–H groups in total. The van der Waals surface area contributed by atoms with E-state index in [4.69, 9.17) is 20.7 Å². The quantitative estimate of drug-likeness (QED) is 0.0908. The number of aromatic nitrogens is 3. The molecule has 1 heterocycles. The Morgan fingerprint density at radius 1 is 1.16 bits per heavy atom. The van der Waals surface area contributed by atoms with E-state index in [9.17, 15) is 9.59 Å². The number of hydrogen-bond donors (Lipinski definition) is 6. The molecule has 172 valence electrons. The second-order valence-corrected chi connectivity index (χ2v) is 7.17. The molecule has 14 heteroatoms. The number of amides is 2. The maximum Gasteiger partial charge on any atom is 0.347 e. The van der Waals surface area contributed by atoms with Gasteiger partial charge in [-0.15, -0.1) is 0 Å². The van der Waals surface area contributed by atoms with E-state index < -0.39 is 6.03 Å². The van der Waals surface area contributed by atoms with Crippen LogP contribution in [-0.2, 0) is 0 Å². The molecule has 2 aromatic carbocycles. The summed E-state index contributed by atoms with van der Waals surface area (Å²) in [5, 5.41) is 14.4. The highest BCUT2D eigenvalue weighted by molar-refractivity contribution is 9.10. The summed E-state index contributed by atoms with van der Waals surface area (Å²) in [6.07, 6.45) is 2.17. The van der Waals surface area contributed by atoms with Gasteiger partial charge in [-0.3, -0.25) is 10.8 Å². The minimum absolute atomic E-state index is 0.278. The number of H-pyrrole nitrogens is 1. The van der Waals surface area contributed by atoms with Crippen molar-refractivity contribution in [1.82, 2.24) is 20.2 Å². The molecule has 0 spiro atoms. The molecule has 0 fully saturated rings. The first kappa shape index (κ1) is 26.7. The van der Waals surface area contributed by atoms with Gasteiger partial charge in [-0.2, -0.15) is 5.10 Å². The second kappa shape index (κ2) is 13.8. The van der Waals surface area contributed by atoms with Crippen molar-refractivity contribution in [1.29, 1.82) is 5.41 Å². The summed E-state index contributed by atoms with van der Waals surface area (Å²) in [6.45, 7) is 0. The standard InChI is InChI=1S/C9H8BrN3O2.C8H10BrN3O2.CH4N2/c1-15-8-4-6(2-3-7(8)10)13-5-11-12-9(13)14;1-14-7-4-5(2-3-6(7)9)11-8(13)12-10;2-1-3/h2-5H,1H3,(H,12,14);2-4H,10H2,1H3,(H2,11,12,13);1H,(H3,2,3). The van der Waals surface area contributed by atoms with Gasteiger partial charge in [0.2, 0.25) is 0 Å². The van der Waals surface area contributed by atoms with E-state index in [2.05, 4.69) is 53.1 Å². The van der Waals surface area contributed by atoms with Crippen molar-refractivity contribution >= 4 is 49.9 Å². The number of carbonyl (C=O) groups is 1. The van der Waals surface area contributed by atoms with E-state index >= 15 is 0 Å². The number of hydrogen-bond acceptors (Lipinski definition) is 7. The molecule has 0 aliphatic heterocycles. The molecular weight excluding hydrogens is 552 g/mol. The molecule has 32 heavy (non-hydrogen) atoms.